The lowest BCUT2D eigenvalue weighted by Gasteiger charge is -2.58. The van der Waals surface area contributed by atoms with E-state index in [9.17, 15) is 4.79 Å². The largest absolute Gasteiger partial charge is 0.378 e. The van der Waals surface area contributed by atoms with Gasteiger partial charge < -0.3 is 14.6 Å². The summed E-state index contributed by atoms with van der Waals surface area (Å²) in [4.78, 5) is 11.8. The molecule has 1 aliphatic rings. The number of carbonyl (C=O) groups excluding carboxylic acids is 1. The Morgan fingerprint density at radius 3 is 2.78 bits per heavy atom. The summed E-state index contributed by atoms with van der Waals surface area (Å²) >= 11 is 0. The van der Waals surface area contributed by atoms with Gasteiger partial charge in [-0.25, -0.2) is 4.79 Å². The lowest BCUT2D eigenvalue weighted by atomic mass is 9.56. The van der Waals surface area contributed by atoms with E-state index in [-0.39, 0.29) is 23.1 Å². The van der Waals surface area contributed by atoms with Crippen LogP contribution >= 0.6 is 0 Å². The first-order valence-electron chi connectivity index (χ1n) is 5.92. The molecule has 1 aliphatic carbocycles. The van der Waals surface area contributed by atoms with Crippen LogP contribution in [0.25, 0.3) is 0 Å². The first kappa shape index (κ1) is 12.9. The third-order valence-corrected chi connectivity index (χ3v) is 4.26. The number of hydrogen-bond acceptors (Lipinski definition) is 4. The van der Waals surface area contributed by atoms with Crippen LogP contribution in [0.5, 0.6) is 0 Å². The lowest BCUT2D eigenvalue weighted by molar-refractivity contribution is -0.177. The van der Waals surface area contributed by atoms with Crippen LogP contribution in [0.2, 0.25) is 0 Å². The van der Waals surface area contributed by atoms with Crippen molar-refractivity contribution in [1.82, 2.24) is 10.5 Å². The van der Waals surface area contributed by atoms with E-state index < -0.39 is 0 Å². The van der Waals surface area contributed by atoms with Crippen LogP contribution in [0, 0.1) is 5.41 Å². The molecule has 2 rings (SSSR count). The summed E-state index contributed by atoms with van der Waals surface area (Å²) in [7, 11) is 1.70. The van der Waals surface area contributed by atoms with Gasteiger partial charge in [0.2, 0.25) is 0 Å². The number of methoxy groups -OCH3 is 1. The highest BCUT2D eigenvalue weighted by molar-refractivity contribution is 5.88. The number of rotatable bonds is 3. The standard InChI is InChI=1S/C12H19N3O3/c1-11(2)8(7-12(11,3)17-4)13-10(16)14-9-5-6-18-15-9/h5-6,8H,7H2,1-4H3,(H2,13,14,15,16)/t8-,12-/m1/s1. The van der Waals surface area contributed by atoms with Crippen molar-refractivity contribution < 1.29 is 14.1 Å². The monoisotopic (exact) mass is 253 g/mol. The molecule has 1 aromatic rings. The molecule has 2 amide bonds. The van der Waals surface area contributed by atoms with Crippen LogP contribution in [0.4, 0.5) is 10.6 Å². The number of aromatic nitrogens is 1. The number of nitrogens with zero attached hydrogens (tertiary/aromatic N) is 1. The zero-order valence-corrected chi connectivity index (χ0v) is 11.1. The van der Waals surface area contributed by atoms with E-state index in [2.05, 4.69) is 41.1 Å². The number of anilines is 1. The molecule has 0 unspecified atom stereocenters. The maximum atomic E-state index is 11.8. The predicted molar refractivity (Wildman–Crippen MR) is 66.3 cm³/mol. The minimum absolute atomic E-state index is 0.0781. The summed E-state index contributed by atoms with van der Waals surface area (Å²) in [5.74, 6) is 0.402. The second-order valence-electron chi connectivity index (χ2n) is 5.40. The van der Waals surface area contributed by atoms with E-state index in [4.69, 9.17) is 4.74 Å². The molecule has 0 saturated heterocycles. The van der Waals surface area contributed by atoms with E-state index in [0.29, 0.717) is 5.82 Å². The van der Waals surface area contributed by atoms with Crippen LogP contribution < -0.4 is 10.6 Å². The van der Waals surface area contributed by atoms with Gasteiger partial charge in [-0.1, -0.05) is 19.0 Å². The van der Waals surface area contributed by atoms with E-state index >= 15 is 0 Å². The van der Waals surface area contributed by atoms with Gasteiger partial charge in [-0.2, -0.15) is 0 Å². The summed E-state index contributed by atoms with van der Waals surface area (Å²) in [6.07, 6.45) is 2.20. The molecule has 0 bridgehead atoms. The van der Waals surface area contributed by atoms with Crippen LogP contribution in [0.15, 0.2) is 16.9 Å². The van der Waals surface area contributed by atoms with E-state index in [1.165, 1.54) is 6.26 Å². The topological polar surface area (TPSA) is 76.4 Å². The first-order valence-corrected chi connectivity index (χ1v) is 5.92. The van der Waals surface area contributed by atoms with E-state index in [1.54, 1.807) is 13.2 Å². The molecule has 2 atom stereocenters. The third kappa shape index (κ3) is 1.96. The van der Waals surface area contributed by atoms with Gasteiger partial charge in [0.05, 0.1) is 5.60 Å². The average molecular weight is 253 g/mol. The van der Waals surface area contributed by atoms with Gasteiger partial charge in [0.1, 0.15) is 6.26 Å². The van der Waals surface area contributed by atoms with Crippen molar-refractivity contribution in [2.75, 3.05) is 12.4 Å². The highest BCUT2D eigenvalue weighted by Crippen LogP contribution is 2.51. The zero-order chi connectivity index (χ0) is 13.4. The lowest BCUT2D eigenvalue weighted by Crippen LogP contribution is -2.68. The maximum absolute atomic E-state index is 11.8. The molecule has 1 saturated carbocycles. The molecule has 0 aliphatic heterocycles. The van der Waals surface area contributed by atoms with Gasteiger partial charge in [-0.15, -0.1) is 0 Å². The molecule has 2 N–H and O–H groups in total. The third-order valence-electron chi connectivity index (χ3n) is 4.26. The fraction of sp³-hybridized carbons (Fsp3) is 0.667. The van der Waals surface area contributed by atoms with Crippen LogP contribution in [0.3, 0.4) is 0 Å². The Morgan fingerprint density at radius 2 is 2.28 bits per heavy atom. The molecule has 1 aromatic heterocycles. The van der Waals surface area contributed by atoms with Crippen LogP contribution in [-0.4, -0.2) is 29.9 Å². The molecule has 18 heavy (non-hydrogen) atoms. The number of ether oxygens (including phenoxy) is 1. The summed E-state index contributed by atoms with van der Waals surface area (Å²) in [6.45, 7) is 6.23. The first-order chi connectivity index (χ1) is 8.39. The molecule has 100 valence electrons. The maximum Gasteiger partial charge on any atom is 0.320 e. The van der Waals surface area contributed by atoms with Crippen molar-refractivity contribution in [1.29, 1.82) is 0 Å². The summed E-state index contributed by atoms with van der Waals surface area (Å²) < 4.78 is 10.1. The molecule has 0 spiro atoms. The highest BCUT2D eigenvalue weighted by Gasteiger charge is 2.58. The minimum Gasteiger partial charge on any atom is -0.378 e. The van der Waals surface area contributed by atoms with Crippen molar-refractivity contribution in [3.05, 3.63) is 12.3 Å². The Labute approximate surface area is 106 Å². The summed E-state index contributed by atoms with van der Waals surface area (Å²) in [5, 5.41) is 9.15. The van der Waals surface area contributed by atoms with Crippen LogP contribution in [0.1, 0.15) is 27.2 Å². The molecule has 1 fully saturated rings. The fourth-order valence-corrected chi connectivity index (χ4v) is 2.31. The van der Waals surface area contributed by atoms with Crippen molar-refractivity contribution in [3.8, 4) is 0 Å². The normalized spacial score (nSPS) is 29.4. The molecular formula is C12H19N3O3. The molecule has 1 heterocycles. The number of nitrogens with one attached hydrogen (secondary N) is 2. The minimum atomic E-state index is -0.278. The molecule has 6 nitrogen and oxygen atoms in total. The Hall–Kier alpha value is -1.56. The second-order valence-corrected chi connectivity index (χ2v) is 5.40. The van der Waals surface area contributed by atoms with Gasteiger partial charge in [0.15, 0.2) is 5.82 Å². The van der Waals surface area contributed by atoms with Crippen molar-refractivity contribution >= 4 is 11.8 Å². The zero-order valence-electron chi connectivity index (χ0n) is 11.1. The summed E-state index contributed by atoms with van der Waals surface area (Å²) in [5.41, 5.74) is -0.304. The van der Waals surface area contributed by atoms with Crippen molar-refractivity contribution in [2.24, 2.45) is 5.41 Å². The predicted octanol–water partition coefficient (Wildman–Crippen LogP) is 2.00. The van der Waals surface area contributed by atoms with Gasteiger partial charge in [-0.05, 0) is 13.3 Å². The van der Waals surface area contributed by atoms with Gasteiger partial charge in [0, 0.05) is 24.6 Å². The molecule has 0 radical (unpaired) electrons. The van der Waals surface area contributed by atoms with E-state index in [0.717, 1.165) is 6.42 Å². The Bertz CT molecular complexity index is 430. The quantitative estimate of drug-likeness (QED) is 0.863. The van der Waals surface area contributed by atoms with E-state index in [1.807, 2.05) is 0 Å². The number of amides is 2. The van der Waals surface area contributed by atoms with Gasteiger partial charge >= 0.3 is 6.03 Å². The smallest absolute Gasteiger partial charge is 0.320 e. The number of urea groups is 1. The fourth-order valence-electron chi connectivity index (χ4n) is 2.31. The number of carbonyl (C=O) groups is 1. The SMILES string of the molecule is CO[C@]1(C)C[C@@H](NC(=O)Nc2ccon2)C1(C)C. The van der Waals surface area contributed by atoms with Gasteiger partial charge in [0.25, 0.3) is 0 Å². The van der Waals surface area contributed by atoms with Crippen LogP contribution in [-0.2, 0) is 4.74 Å². The van der Waals surface area contributed by atoms with Gasteiger partial charge in [-0.3, -0.25) is 5.32 Å². The molecular weight excluding hydrogens is 234 g/mol. The highest BCUT2D eigenvalue weighted by atomic mass is 16.5. The molecule has 0 aromatic carbocycles. The number of hydrogen-bond donors (Lipinski definition) is 2. The Balaban J connectivity index is 1.90. The average Bonchev–Trinajstić information content (AvgIpc) is 2.80. The summed E-state index contributed by atoms with van der Waals surface area (Å²) in [6, 6.07) is 1.39. The van der Waals surface area contributed by atoms with Crippen molar-refractivity contribution in [3.63, 3.8) is 0 Å². The van der Waals surface area contributed by atoms with Crippen molar-refractivity contribution in [2.45, 2.75) is 38.8 Å². The Morgan fingerprint density at radius 1 is 1.56 bits per heavy atom. The second kappa shape index (κ2) is 4.28. The Kier molecular flexibility index (Phi) is 3.06. The molecule has 6 heteroatoms.